The summed E-state index contributed by atoms with van der Waals surface area (Å²) in [7, 11) is 0. The summed E-state index contributed by atoms with van der Waals surface area (Å²) in [5, 5.41) is 87.7. The van der Waals surface area contributed by atoms with Crippen LogP contribution in [0.1, 0.15) is 63.3 Å². The molecule has 0 saturated carbocycles. The van der Waals surface area contributed by atoms with Crippen LogP contribution in [0.25, 0.3) is 0 Å². The molecular formula is C49H67N11O18. The van der Waals surface area contributed by atoms with E-state index in [1.165, 1.54) is 36.8 Å². The molecule has 0 spiro atoms. The van der Waals surface area contributed by atoms with Crippen LogP contribution >= 0.6 is 0 Å². The molecule has 0 aliphatic heterocycles. The Kier molecular flexibility index (Phi) is 25.7. The minimum Gasteiger partial charge on any atom is -0.508 e. The number of carboxylic acid groups (broad SMARTS) is 3. The third-order valence-electron chi connectivity index (χ3n) is 12.0. The molecule has 0 aliphatic carbocycles. The lowest BCUT2D eigenvalue weighted by atomic mass is 9.96. The number of aliphatic carboxylic acids is 3. The van der Waals surface area contributed by atoms with Crippen LogP contribution in [-0.2, 0) is 72.0 Å². The van der Waals surface area contributed by atoms with Crippen molar-refractivity contribution in [3.63, 3.8) is 0 Å². The fraction of sp³-hybridized carbons (Fsp3) is 0.469. The van der Waals surface area contributed by atoms with E-state index in [-0.39, 0.29) is 25.0 Å². The molecule has 0 bridgehead atoms. The maximum Gasteiger partial charge on any atom is 0.326 e. The Labute approximate surface area is 445 Å². The quantitative estimate of drug-likeness (QED) is 0.0272. The van der Waals surface area contributed by atoms with Gasteiger partial charge in [-0.15, -0.1) is 0 Å². The number of nitrogens with zero attached hydrogens (tertiary/aromatic N) is 1. The monoisotopic (exact) mass is 1100 g/mol. The number of carbonyl (C=O) groups excluding carboxylic acids is 8. The first-order valence-electron chi connectivity index (χ1n) is 24.4. The van der Waals surface area contributed by atoms with E-state index in [4.69, 9.17) is 10.8 Å². The predicted octanol–water partition coefficient (Wildman–Crippen LogP) is -4.82. The third kappa shape index (κ3) is 20.9. The second-order valence-electron chi connectivity index (χ2n) is 18.1. The van der Waals surface area contributed by atoms with E-state index >= 15 is 0 Å². The molecule has 29 nitrogen and oxygen atoms in total. The van der Waals surface area contributed by atoms with Gasteiger partial charge in [0.25, 0.3) is 0 Å². The van der Waals surface area contributed by atoms with E-state index in [2.05, 4.69) is 52.5 Å². The Morgan fingerprint density at radius 1 is 0.564 bits per heavy atom. The summed E-state index contributed by atoms with van der Waals surface area (Å²) in [5.41, 5.74) is 6.78. The number of phenols is 1. The molecule has 29 heteroatoms. The van der Waals surface area contributed by atoms with Gasteiger partial charge in [0.1, 0.15) is 54.1 Å². The Hall–Kier alpha value is -8.54. The summed E-state index contributed by atoms with van der Waals surface area (Å²) in [5.74, 6) is -14.2. The number of nitrogens with one attached hydrogen (secondary N) is 9. The molecule has 11 atom stereocenters. The summed E-state index contributed by atoms with van der Waals surface area (Å²) >= 11 is 0. The highest BCUT2D eigenvalue weighted by molar-refractivity contribution is 5.98. The van der Waals surface area contributed by atoms with Crippen molar-refractivity contribution in [3.05, 3.63) is 83.9 Å². The van der Waals surface area contributed by atoms with Crippen molar-refractivity contribution in [2.24, 2.45) is 11.7 Å². The Morgan fingerprint density at radius 3 is 1.50 bits per heavy atom. The Bertz CT molecular complexity index is 2530. The fourth-order valence-electron chi connectivity index (χ4n) is 7.39. The maximum atomic E-state index is 14.2. The summed E-state index contributed by atoms with van der Waals surface area (Å²) in [6.45, 7) is 2.16. The second kappa shape index (κ2) is 31.5. The summed E-state index contributed by atoms with van der Waals surface area (Å²) in [4.78, 5) is 151. The SMILES string of the molecule is CC[C@H](C)[C@H](NC(=O)[C@H](CO)NC(=O)[C@H](CCC(=O)O)NC(=O)[C@H](Cc1ccc(O)cc1)NC(=O)[C@@H](NC(=O)[C@@H](N)CC(=O)O)[C@@H](C)O)C(=O)N[C@@H](Cc1ccccc1)C(=O)N[C@@H](CO)C(=O)N[C@@H](Cc1cnc[nH]1)C(=O)O. The smallest absolute Gasteiger partial charge is 0.326 e. The lowest BCUT2D eigenvalue weighted by Crippen LogP contribution is -2.62. The molecular weight excluding hydrogens is 1030 g/mol. The van der Waals surface area contributed by atoms with E-state index in [9.17, 15) is 83.4 Å². The normalized spacial score (nSPS) is 15.3. The number of carboxylic acids is 3. The molecule has 18 N–H and O–H groups in total. The van der Waals surface area contributed by atoms with Gasteiger partial charge in [0.2, 0.25) is 47.3 Å². The molecule has 0 aliphatic rings. The Balaban J connectivity index is 1.87. The van der Waals surface area contributed by atoms with Crippen LogP contribution in [0.3, 0.4) is 0 Å². The molecule has 0 saturated heterocycles. The van der Waals surface area contributed by atoms with Gasteiger partial charge in [-0.3, -0.25) is 47.9 Å². The lowest BCUT2D eigenvalue weighted by molar-refractivity contribution is -0.142. The van der Waals surface area contributed by atoms with Gasteiger partial charge < -0.3 is 89.0 Å². The average Bonchev–Trinajstić information content (AvgIpc) is 3.91. The van der Waals surface area contributed by atoms with Crippen LogP contribution in [-0.4, -0.2) is 185 Å². The second-order valence-corrected chi connectivity index (χ2v) is 18.1. The average molecular weight is 1100 g/mol. The van der Waals surface area contributed by atoms with Gasteiger partial charge in [0, 0.05) is 37.6 Å². The number of nitrogens with two attached hydrogens (primary N) is 1. The molecule has 1 aromatic heterocycles. The number of H-pyrrole nitrogens is 1. The fourth-order valence-corrected chi connectivity index (χ4v) is 7.39. The van der Waals surface area contributed by atoms with Crippen molar-refractivity contribution in [1.29, 1.82) is 0 Å². The summed E-state index contributed by atoms with van der Waals surface area (Å²) < 4.78 is 0. The van der Waals surface area contributed by atoms with Crippen LogP contribution in [0.5, 0.6) is 5.75 Å². The third-order valence-corrected chi connectivity index (χ3v) is 12.0. The highest BCUT2D eigenvalue weighted by atomic mass is 16.4. The number of aromatic amines is 1. The van der Waals surface area contributed by atoms with Crippen LogP contribution < -0.4 is 48.3 Å². The Morgan fingerprint density at radius 2 is 1.03 bits per heavy atom. The van der Waals surface area contributed by atoms with E-state index in [1.807, 2.05) is 0 Å². The molecule has 0 radical (unpaired) electrons. The van der Waals surface area contributed by atoms with Gasteiger partial charge in [-0.25, -0.2) is 9.78 Å². The first-order valence-corrected chi connectivity index (χ1v) is 24.4. The van der Waals surface area contributed by atoms with Gasteiger partial charge in [0.05, 0.1) is 38.1 Å². The lowest BCUT2D eigenvalue weighted by Gasteiger charge is -2.29. The molecule has 78 heavy (non-hydrogen) atoms. The molecule has 3 aromatic rings. The van der Waals surface area contributed by atoms with Gasteiger partial charge in [-0.05, 0) is 42.5 Å². The number of rotatable bonds is 33. The van der Waals surface area contributed by atoms with Crippen molar-refractivity contribution in [3.8, 4) is 5.75 Å². The van der Waals surface area contributed by atoms with Gasteiger partial charge >= 0.3 is 17.9 Å². The van der Waals surface area contributed by atoms with E-state index in [0.29, 0.717) is 16.8 Å². The number of aromatic nitrogens is 2. The van der Waals surface area contributed by atoms with Crippen molar-refractivity contribution >= 4 is 65.2 Å². The van der Waals surface area contributed by atoms with Crippen molar-refractivity contribution in [2.45, 2.75) is 126 Å². The van der Waals surface area contributed by atoms with E-state index in [1.54, 1.807) is 44.2 Å². The number of aromatic hydroxyl groups is 1. The van der Waals surface area contributed by atoms with Crippen LogP contribution in [0, 0.1) is 5.92 Å². The molecule has 0 fully saturated rings. The standard InChI is InChI=1S/C49H67N11O18/c1-4-24(2)39(47(75)54-32(16-26-8-6-5-7-9-26)44(72)58-35(21-61)45(73)56-34(49(77)78)18-28-20-51-23-52-28)59-46(74)36(22-62)57-42(70)31(14-15-37(65)66)53-43(71)33(17-27-10-12-29(64)13-11-27)55-48(76)40(25(3)63)60-41(69)30(50)19-38(67)68/h5-13,20,23-25,30-36,39-40,61-64H,4,14-19,21-22,50H2,1-3H3,(H,51,52)(H,53,71)(H,54,75)(H,55,76)(H,56,73)(H,57,70)(H,58,72)(H,59,74)(H,60,69)(H,65,66)(H,67,68)(H,77,78)/t24-,25+,30-,31-,32-,33-,34-,35-,36-,39-,40-/m0/s1. The number of carbonyl (C=O) groups is 11. The molecule has 0 unspecified atom stereocenters. The van der Waals surface area contributed by atoms with Crippen molar-refractivity contribution in [1.82, 2.24) is 52.5 Å². The van der Waals surface area contributed by atoms with Crippen LogP contribution in [0.15, 0.2) is 67.1 Å². The van der Waals surface area contributed by atoms with Crippen molar-refractivity contribution < 1.29 is 88.5 Å². The first-order chi connectivity index (χ1) is 36.9. The molecule has 2 aromatic carbocycles. The van der Waals surface area contributed by atoms with Crippen molar-refractivity contribution in [2.75, 3.05) is 13.2 Å². The van der Waals surface area contributed by atoms with Crippen LogP contribution in [0.4, 0.5) is 0 Å². The van der Waals surface area contributed by atoms with Crippen LogP contribution in [0.2, 0.25) is 0 Å². The number of benzene rings is 2. The number of aliphatic hydroxyl groups is 3. The van der Waals surface area contributed by atoms with Gasteiger partial charge in [0.15, 0.2) is 0 Å². The number of aliphatic hydroxyl groups excluding tert-OH is 3. The predicted molar refractivity (Wildman–Crippen MR) is 270 cm³/mol. The molecule has 3 rings (SSSR count). The number of hydrogen-bond donors (Lipinski definition) is 17. The summed E-state index contributed by atoms with van der Waals surface area (Å²) in [6, 6.07) is -1.72. The zero-order valence-corrected chi connectivity index (χ0v) is 42.7. The maximum absolute atomic E-state index is 14.2. The first kappa shape index (κ1) is 63.8. The number of imidazole rings is 1. The topological polar surface area (TPSA) is 480 Å². The highest BCUT2D eigenvalue weighted by Crippen LogP contribution is 2.14. The van der Waals surface area contributed by atoms with E-state index < -0.39 is 170 Å². The molecule has 1 heterocycles. The minimum atomic E-state index is -1.90. The number of phenolic OH excluding ortho intramolecular Hbond substituents is 1. The summed E-state index contributed by atoms with van der Waals surface area (Å²) in [6.07, 6.45) is -1.90. The molecule has 426 valence electrons. The van der Waals surface area contributed by atoms with Gasteiger partial charge in [-0.2, -0.15) is 0 Å². The zero-order valence-electron chi connectivity index (χ0n) is 42.7. The number of hydrogen-bond acceptors (Lipinski definition) is 17. The number of amides is 8. The zero-order chi connectivity index (χ0) is 58.2. The van der Waals surface area contributed by atoms with E-state index in [0.717, 1.165) is 6.92 Å². The minimum absolute atomic E-state index is 0.175. The highest BCUT2D eigenvalue weighted by Gasteiger charge is 2.37. The largest absolute Gasteiger partial charge is 0.508 e. The molecule has 8 amide bonds. The van der Waals surface area contributed by atoms with Gasteiger partial charge in [-0.1, -0.05) is 62.7 Å².